The molecule has 2 aliphatic heterocycles. The van der Waals surface area contributed by atoms with Crippen LogP contribution in [0.2, 0.25) is 0 Å². The maximum absolute atomic E-state index is 11.6. The average molecular weight is 236 g/mol. The molecule has 78 valence electrons. The van der Waals surface area contributed by atoms with Crippen LogP contribution in [0.4, 0.5) is 0 Å². The molecular weight excluding hydrogens is 226 g/mol. The van der Waals surface area contributed by atoms with Crippen LogP contribution in [0.3, 0.4) is 0 Å². The minimum atomic E-state index is -3.44. The van der Waals surface area contributed by atoms with E-state index >= 15 is 0 Å². The molecule has 14 heavy (non-hydrogen) atoms. The molecule has 2 heterocycles. The lowest BCUT2D eigenvalue weighted by atomic mass is 10.0. The zero-order chi connectivity index (χ0) is 10.2. The summed E-state index contributed by atoms with van der Waals surface area (Å²) in [4.78, 5) is 3.99. The summed E-state index contributed by atoms with van der Waals surface area (Å²) < 4.78 is 28.1. The molecule has 0 amide bonds. The van der Waals surface area contributed by atoms with Crippen LogP contribution in [0, 0.1) is 5.92 Å². The molecule has 2 aliphatic rings. The first kappa shape index (κ1) is 10.1. The van der Waals surface area contributed by atoms with Gasteiger partial charge in [-0.15, -0.1) is 0 Å². The zero-order valence-electron chi connectivity index (χ0n) is 7.44. The van der Waals surface area contributed by atoms with Crippen molar-refractivity contribution in [2.24, 2.45) is 10.9 Å². The Labute approximate surface area is 87.5 Å². The largest absolute Gasteiger partial charge is 0.381 e. The van der Waals surface area contributed by atoms with E-state index in [0.29, 0.717) is 18.1 Å². The number of rotatable bonds is 1. The van der Waals surface area contributed by atoms with Crippen LogP contribution in [0.15, 0.2) is 16.1 Å². The fourth-order valence-corrected chi connectivity index (χ4v) is 3.23. The van der Waals surface area contributed by atoms with Gasteiger partial charge in [-0.2, -0.15) is 0 Å². The topological polar surface area (TPSA) is 55.7 Å². The predicted molar refractivity (Wildman–Crippen MR) is 53.8 cm³/mol. The maximum Gasteiger partial charge on any atom is 0.232 e. The van der Waals surface area contributed by atoms with E-state index in [1.54, 1.807) is 0 Å². The summed E-state index contributed by atoms with van der Waals surface area (Å²) in [5, 5.41) is 0. The van der Waals surface area contributed by atoms with Gasteiger partial charge in [0.25, 0.3) is 0 Å². The summed E-state index contributed by atoms with van der Waals surface area (Å²) >= 11 is 5.50. The zero-order valence-corrected chi connectivity index (χ0v) is 9.01. The van der Waals surface area contributed by atoms with Gasteiger partial charge in [0.2, 0.25) is 14.3 Å². The summed E-state index contributed by atoms with van der Waals surface area (Å²) in [6, 6.07) is 0. The van der Waals surface area contributed by atoms with E-state index in [-0.39, 0.29) is 10.4 Å². The second kappa shape index (κ2) is 3.64. The van der Waals surface area contributed by atoms with Gasteiger partial charge in [-0.05, 0) is 24.4 Å². The molecule has 0 saturated carbocycles. The van der Waals surface area contributed by atoms with Gasteiger partial charge in [0, 0.05) is 25.3 Å². The number of ether oxygens (including phenoxy) is 1. The fraction of sp³-hybridized carbons (Fsp3) is 0.625. The van der Waals surface area contributed by atoms with Gasteiger partial charge in [-0.3, -0.25) is 0 Å². The van der Waals surface area contributed by atoms with Crippen molar-refractivity contribution in [2.75, 3.05) is 13.2 Å². The monoisotopic (exact) mass is 235 g/mol. The molecule has 4 nitrogen and oxygen atoms in total. The SMILES string of the molecule is O=S1(=O)C(C2CCOCC2)=CN=C1Cl. The Kier molecular flexibility index (Phi) is 2.64. The highest BCUT2D eigenvalue weighted by atomic mass is 35.5. The van der Waals surface area contributed by atoms with Crippen LogP contribution in [0.5, 0.6) is 0 Å². The Morgan fingerprint density at radius 1 is 1.43 bits per heavy atom. The van der Waals surface area contributed by atoms with Crippen LogP contribution < -0.4 is 0 Å². The normalized spacial score (nSPS) is 27.2. The predicted octanol–water partition coefficient (Wildman–Crippen LogP) is 1.28. The minimum Gasteiger partial charge on any atom is -0.381 e. The highest BCUT2D eigenvalue weighted by Gasteiger charge is 2.34. The summed E-state index contributed by atoms with van der Waals surface area (Å²) in [6.45, 7) is 1.21. The van der Waals surface area contributed by atoms with E-state index in [1.165, 1.54) is 6.20 Å². The molecule has 0 N–H and O–H groups in total. The van der Waals surface area contributed by atoms with E-state index in [1.807, 2.05) is 0 Å². The molecule has 1 fully saturated rings. The van der Waals surface area contributed by atoms with Crippen molar-refractivity contribution >= 4 is 25.9 Å². The first-order chi connectivity index (χ1) is 6.62. The highest BCUT2D eigenvalue weighted by Crippen LogP contribution is 2.32. The Morgan fingerprint density at radius 3 is 2.57 bits per heavy atom. The van der Waals surface area contributed by atoms with Gasteiger partial charge in [0.15, 0.2) is 0 Å². The molecule has 0 spiro atoms. The molecule has 1 saturated heterocycles. The summed E-state index contributed by atoms with van der Waals surface area (Å²) in [7, 11) is -3.44. The van der Waals surface area contributed by atoms with Gasteiger partial charge < -0.3 is 4.74 Å². The Bertz CT molecular complexity index is 393. The Morgan fingerprint density at radius 2 is 2.07 bits per heavy atom. The van der Waals surface area contributed by atoms with Crippen LogP contribution in [0.25, 0.3) is 0 Å². The summed E-state index contributed by atoms with van der Waals surface area (Å²) in [5.74, 6) is 0.0220. The molecule has 0 aromatic rings. The van der Waals surface area contributed by atoms with Crippen molar-refractivity contribution < 1.29 is 13.2 Å². The third kappa shape index (κ3) is 1.60. The van der Waals surface area contributed by atoms with Crippen molar-refractivity contribution in [1.29, 1.82) is 0 Å². The van der Waals surface area contributed by atoms with Crippen molar-refractivity contribution in [3.8, 4) is 0 Å². The van der Waals surface area contributed by atoms with Gasteiger partial charge in [0.05, 0.1) is 4.91 Å². The molecule has 0 aromatic heterocycles. The quantitative estimate of drug-likeness (QED) is 0.688. The van der Waals surface area contributed by atoms with E-state index < -0.39 is 9.84 Å². The second-order valence-corrected chi connectivity index (χ2v) is 5.75. The molecule has 6 heteroatoms. The van der Waals surface area contributed by atoms with E-state index in [0.717, 1.165) is 12.8 Å². The van der Waals surface area contributed by atoms with Gasteiger partial charge in [-0.25, -0.2) is 13.4 Å². The molecule has 2 rings (SSSR count). The second-order valence-electron chi connectivity index (χ2n) is 3.30. The number of sulfone groups is 1. The highest BCUT2D eigenvalue weighted by molar-refractivity contribution is 8.12. The summed E-state index contributed by atoms with van der Waals surface area (Å²) in [6.07, 6.45) is 2.82. The minimum absolute atomic E-state index is 0.0220. The Hall–Kier alpha value is -0.390. The first-order valence-corrected chi connectivity index (χ1v) is 6.24. The first-order valence-electron chi connectivity index (χ1n) is 4.38. The number of hydrogen-bond donors (Lipinski definition) is 0. The number of halogens is 1. The molecule has 0 aromatic carbocycles. The molecule has 0 unspecified atom stereocenters. The third-order valence-electron chi connectivity index (χ3n) is 2.45. The number of hydrogen-bond acceptors (Lipinski definition) is 4. The smallest absolute Gasteiger partial charge is 0.232 e. The maximum atomic E-state index is 11.6. The van der Waals surface area contributed by atoms with Crippen LogP contribution in [-0.4, -0.2) is 26.1 Å². The number of nitrogens with zero attached hydrogens (tertiary/aromatic N) is 1. The van der Waals surface area contributed by atoms with Crippen LogP contribution in [-0.2, 0) is 14.6 Å². The van der Waals surface area contributed by atoms with Gasteiger partial charge in [-0.1, -0.05) is 0 Å². The molecule has 0 radical (unpaired) electrons. The van der Waals surface area contributed by atoms with Crippen molar-refractivity contribution in [3.05, 3.63) is 11.1 Å². The lowest BCUT2D eigenvalue weighted by Crippen LogP contribution is -2.22. The van der Waals surface area contributed by atoms with E-state index in [9.17, 15) is 8.42 Å². The van der Waals surface area contributed by atoms with Crippen molar-refractivity contribution in [3.63, 3.8) is 0 Å². The standard InChI is InChI=1S/C8H10ClNO3S/c9-8-10-5-7(14(8,11)12)6-1-3-13-4-2-6/h5-6H,1-4H2. The lowest BCUT2D eigenvalue weighted by Gasteiger charge is -2.22. The van der Waals surface area contributed by atoms with Gasteiger partial charge >= 0.3 is 0 Å². The molecular formula is C8H10ClNO3S. The van der Waals surface area contributed by atoms with Crippen LogP contribution >= 0.6 is 11.6 Å². The summed E-state index contributed by atoms with van der Waals surface area (Å²) in [5.41, 5.74) is 0. The van der Waals surface area contributed by atoms with Crippen molar-refractivity contribution in [2.45, 2.75) is 12.8 Å². The molecule has 0 bridgehead atoms. The molecule has 0 aliphatic carbocycles. The average Bonchev–Trinajstić information content (AvgIpc) is 2.44. The fourth-order valence-electron chi connectivity index (χ4n) is 1.66. The number of aliphatic imine (C=N–C) groups is 1. The van der Waals surface area contributed by atoms with Crippen molar-refractivity contribution in [1.82, 2.24) is 0 Å². The Balaban J connectivity index is 2.22. The number of allylic oxidation sites excluding steroid dienone is 1. The molecule has 0 atom stereocenters. The lowest BCUT2D eigenvalue weighted by molar-refractivity contribution is 0.0775. The third-order valence-corrected chi connectivity index (χ3v) is 4.76. The van der Waals surface area contributed by atoms with E-state index in [4.69, 9.17) is 16.3 Å². The van der Waals surface area contributed by atoms with E-state index in [2.05, 4.69) is 4.99 Å². The van der Waals surface area contributed by atoms with Crippen LogP contribution in [0.1, 0.15) is 12.8 Å². The van der Waals surface area contributed by atoms with Gasteiger partial charge in [0.1, 0.15) is 0 Å².